The first-order chi connectivity index (χ1) is 9.98. The number of aromatic carboxylic acids is 1. The molecule has 1 aromatic carbocycles. The van der Waals surface area contributed by atoms with E-state index in [-0.39, 0.29) is 23.1 Å². The predicted octanol–water partition coefficient (Wildman–Crippen LogP) is 1.66. The second kappa shape index (κ2) is 6.55. The summed E-state index contributed by atoms with van der Waals surface area (Å²) < 4.78 is 31.2. The first-order valence-electron chi connectivity index (χ1n) is 5.83. The largest absolute Gasteiger partial charge is 0.492 e. The fraction of sp³-hybridized carbons (Fsp3) is 0.167. The number of hydrogen-bond donors (Lipinski definition) is 2. The average molecular weight is 328 g/mol. The standard InChI is InChI=1S/C12H12N2O5S2/c15-12(16)10-11(20-8-13-10)14-21(17,18)7-6-19-9-4-2-1-3-5-9/h1-5,8,14H,6-7H2,(H,15,16). The van der Waals surface area contributed by atoms with E-state index in [2.05, 4.69) is 9.71 Å². The summed E-state index contributed by atoms with van der Waals surface area (Å²) in [5.74, 6) is -1.01. The molecule has 0 spiro atoms. The summed E-state index contributed by atoms with van der Waals surface area (Å²) in [5, 5.41) is 8.85. The van der Waals surface area contributed by atoms with E-state index >= 15 is 0 Å². The van der Waals surface area contributed by atoms with Gasteiger partial charge in [0, 0.05) is 0 Å². The van der Waals surface area contributed by atoms with Gasteiger partial charge in [0.05, 0.1) is 5.51 Å². The van der Waals surface area contributed by atoms with Crippen LogP contribution >= 0.6 is 11.3 Å². The lowest BCUT2D eigenvalue weighted by molar-refractivity contribution is 0.0692. The maximum absolute atomic E-state index is 11.9. The average Bonchev–Trinajstić information content (AvgIpc) is 2.87. The van der Waals surface area contributed by atoms with Gasteiger partial charge in [0.15, 0.2) is 5.69 Å². The molecule has 0 saturated heterocycles. The molecule has 2 rings (SSSR count). The molecule has 0 atom stereocenters. The van der Waals surface area contributed by atoms with Crippen molar-refractivity contribution in [2.45, 2.75) is 0 Å². The Kier molecular flexibility index (Phi) is 4.76. The number of thiazole rings is 1. The highest BCUT2D eigenvalue weighted by Gasteiger charge is 2.19. The second-order valence-corrected chi connectivity index (χ2v) is 6.61. The number of carboxylic acids is 1. The van der Waals surface area contributed by atoms with Gasteiger partial charge in [0.2, 0.25) is 10.0 Å². The number of sulfonamides is 1. The molecule has 0 fully saturated rings. The van der Waals surface area contributed by atoms with Crippen molar-refractivity contribution in [1.29, 1.82) is 0 Å². The molecule has 0 aliphatic rings. The van der Waals surface area contributed by atoms with Gasteiger partial charge < -0.3 is 9.84 Å². The van der Waals surface area contributed by atoms with Crippen LogP contribution < -0.4 is 9.46 Å². The summed E-state index contributed by atoms with van der Waals surface area (Å²) in [4.78, 5) is 14.4. The van der Waals surface area contributed by atoms with Gasteiger partial charge in [0.25, 0.3) is 0 Å². The molecule has 112 valence electrons. The second-order valence-electron chi connectivity index (χ2n) is 3.92. The molecule has 0 amide bonds. The number of carbonyl (C=O) groups is 1. The van der Waals surface area contributed by atoms with E-state index in [9.17, 15) is 13.2 Å². The molecule has 1 aromatic heterocycles. The summed E-state index contributed by atoms with van der Waals surface area (Å²) in [6.45, 7) is -0.0411. The number of hydrogen-bond acceptors (Lipinski definition) is 6. The van der Waals surface area contributed by atoms with Crippen molar-refractivity contribution in [1.82, 2.24) is 4.98 Å². The van der Waals surface area contributed by atoms with Crippen LogP contribution in [0.15, 0.2) is 35.8 Å². The molecule has 9 heteroatoms. The summed E-state index contributed by atoms with van der Waals surface area (Å²) in [6.07, 6.45) is 0. The minimum atomic E-state index is -3.70. The van der Waals surface area contributed by atoms with Crippen molar-refractivity contribution in [2.24, 2.45) is 0 Å². The zero-order valence-corrected chi connectivity index (χ0v) is 12.4. The van der Waals surface area contributed by atoms with E-state index in [0.29, 0.717) is 5.75 Å². The van der Waals surface area contributed by atoms with E-state index in [1.165, 1.54) is 5.51 Å². The number of anilines is 1. The SMILES string of the molecule is O=C(O)c1ncsc1NS(=O)(=O)CCOc1ccccc1. The van der Waals surface area contributed by atoms with Crippen LogP contribution in [0.3, 0.4) is 0 Å². The van der Waals surface area contributed by atoms with E-state index in [4.69, 9.17) is 9.84 Å². The van der Waals surface area contributed by atoms with Crippen molar-refractivity contribution in [3.63, 3.8) is 0 Å². The van der Waals surface area contributed by atoms with Crippen molar-refractivity contribution in [3.05, 3.63) is 41.5 Å². The van der Waals surface area contributed by atoms with Gasteiger partial charge in [-0.25, -0.2) is 18.2 Å². The molecular weight excluding hydrogens is 316 g/mol. The van der Waals surface area contributed by atoms with Gasteiger partial charge >= 0.3 is 5.97 Å². The van der Waals surface area contributed by atoms with E-state index in [1.807, 2.05) is 6.07 Å². The highest BCUT2D eigenvalue weighted by molar-refractivity contribution is 7.92. The number of rotatable bonds is 7. The number of para-hydroxylation sites is 1. The molecule has 21 heavy (non-hydrogen) atoms. The lowest BCUT2D eigenvalue weighted by Gasteiger charge is -2.08. The summed E-state index contributed by atoms with van der Waals surface area (Å²) in [7, 11) is -3.70. The van der Waals surface area contributed by atoms with Crippen LogP contribution in [0, 0.1) is 0 Å². The number of carboxylic acid groups (broad SMARTS) is 1. The van der Waals surface area contributed by atoms with Crippen LogP contribution in [0.5, 0.6) is 5.75 Å². The van der Waals surface area contributed by atoms with Crippen molar-refractivity contribution < 1.29 is 23.1 Å². The fourth-order valence-electron chi connectivity index (χ4n) is 1.45. The van der Waals surface area contributed by atoms with E-state index < -0.39 is 16.0 Å². The first-order valence-corrected chi connectivity index (χ1v) is 8.36. The normalized spacial score (nSPS) is 11.0. The van der Waals surface area contributed by atoms with E-state index in [1.54, 1.807) is 24.3 Å². The Morgan fingerprint density at radius 3 is 2.71 bits per heavy atom. The Bertz CT molecular complexity index is 712. The van der Waals surface area contributed by atoms with Gasteiger partial charge in [0.1, 0.15) is 23.1 Å². The number of nitrogens with one attached hydrogen (secondary N) is 1. The Hall–Kier alpha value is -2.13. The van der Waals surface area contributed by atoms with Crippen LogP contribution in [0.2, 0.25) is 0 Å². The van der Waals surface area contributed by atoms with Crippen LogP contribution in [0.25, 0.3) is 0 Å². The maximum Gasteiger partial charge on any atom is 0.357 e. The third kappa shape index (κ3) is 4.43. The lowest BCUT2D eigenvalue weighted by Crippen LogP contribution is -2.21. The fourth-order valence-corrected chi connectivity index (χ4v) is 3.32. The molecule has 0 saturated carbocycles. The van der Waals surface area contributed by atoms with Crippen molar-refractivity contribution in [2.75, 3.05) is 17.1 Å². The zero-order chi connectivity index (χ0) is 15.3. The van der Waals surface area contributed by atoms with Gasteiger partial charge in [-0.1, -0.05) is 18.2 Å². The van der Waals surface area contributed by atoms with Crippen LogP contribution in [0.1, 0.15) is 10.5 Å². The number of benzene rings is 1. The highest BCUT2D eigenvalue weighted by Crippen LogP contribution is 2.21. The number of aromatic nitrogens is 1. The highest BCUT2D eigenvalue weighted by atomic mass is 32.2. The third-order valence-corrected chi connectivity index (χ3v) is 4.47. The van der Waals surface area contributed by atoms with E-state index in [0.717, 1.165) is 11.3 Å². The molecule has 1 heterocycles. The van der Waals surface area contributed by atoms with Gasteiger partial charge in [-0.05, 0) is 12.1 Å². The monoisotopic (exact) mass is 328 g/mol. The Morgan fingerprint density at radius 1 is 1.33 bits per heavy atom. The number of ether oxygens (including phenoxy) is 1. The topological polar surface area (TPSA) is 106 Å². The van der Waals surface area contributed by atoms with Gasteiger partial charge in [-0.3, -0.25) is 4.72 Å². The van der Waals surface area contributed by atoms with Crippen LogP contribution in [0.4, 0.5) is 5.00 Å². The van der Waals surface area contributed by atoms with Crippen molar-refractivity contribution in [3.8, 4) is 5.75 Å². The molecule has 2 N–H and O–H groups in total. The van der Waals surface area contributed by atoms with Gasteiger partial charge in [-0.2, -0.15) is 0 Å². The summed E-state index contributed by atoms with van der Waals surface area (Å²) in [5.41, 5.74) is 0.953. The summed E-state index contributed by atoms with van der Waals surface area (Å²) >= 11 is 0.912. The lowest BCUT2D eigenvalue weighted by atomic mass is 10.3. The Labute approximate surface area is 125 Å². The molecule has 7 nitrogen and oxygen atoms in total. The quantitative estimate of drug-likeness (QED) is 0.801. The third-order valence-electron chi connectivity index (χ3n) is 2.38. The zero-order valence-electron chi connectivity index (χ0n) is 10.7. The molecule has 2 aromatic rings. The molecule has 0 bridgehead atoms. The molecule has 0 aliphatic heterocycles. The van der Waals surface area contributed by atoms with Gasteiger partial charge in [-0.15, -0.1) is 11.3 Å². The van der Waals surface area contributed by atoms with Crippen molar-refractivity contribution >= 4 is 32.3 Å². The summed E-state index contributed by atoms with van der Waals surface area (Å²) in [6, 6.07) is 8.80. The van der Waals surface area contributed by atoms with Crippen LogP contribution in [-0.4, -0.2) is 36.8 Å². The van der Waals surface area contributed by atoms with Crippen LogP contribution in [-0.2, 0) is 10.0 Å². The molecule has 0 unspecified atom stereocenters. The minimum Gasteiger partial charge on any atom is -0.492 e. The first kappa shape index (κ1) is 15.3. The Morgan fingerprint density at radius 2 is 2.05 bits per heavy atom. The molecule has 0 radical (unpaired) electrons. The smallest absolute Gasteiger partial charge is 0.357 e. The maximum atomic E-state index is 11.9. The minimum absolute atomic E-state index is 0.0118. The predicted molar refractivity (Wildman–Crippen MR) is 78.4 cm³/mol. The molecular formula is C12H12N2O5S2. The molecule has 0 aliphatic carbocycles. The number of nitrogens with zero attached hydrogens (tertiary/aromatic N) is 1. The Balaban J connectivity index is 1.93.